The first kappa shape index (κ1) is 24.4. The molecule has 28 heavy (non-hydrogen) atoms. The van der Waals surface area contributed by atoms with E-state index >= 15 is 0 Å². The maximum atomic E-state index is 5.59. The maximum Gasteiger partial charge on any atom is 0.226 e. The molecule has 0 aliphatic heterocycles. The number of benzene rings is 1. The van der Waals surface area contributed by atoms with Crippen molar-refractivity contribution in [1.82, 2.24) is 20.5 Å². The van der Waals surface area contributed by atoms with E-state index < -0.39 is 0 Å². The van der Waals surface area contributed by atoms with E-state index in [1.165, 1.54) is 0 Å². The van der Waals surface area contributed by atoms with Gasteiger partial charge >= 0.3 is 0 Å². The molecule has 0 aliphatic carbocycles. The minimum atomic E-state index is 0. The molecule has 1 aromatic carbocycles. The Morgan fingerprint density at radius 3 is 2.50 bits per heavy atom. The van der Waals surface area contributed by atoms with Crippen LogP contribution < -0.4 is 10.6 Å². The van der Waals surface area contributed by atoms with Gasteiger partial charge in [0.25, 0.3) is 0 Å². The lowest BCUT2D eigenvalue weighted by Crippen LogP contribution is -2.45. The topological polar surface area (TPSA) is 65.7 Å². The van der Waals surface area contributed by atoms with Crippen LogP contribution in [0, 0.1) is 5.92 Å². The molecule has 0 fully saturated rings. The van der Waals surface area contributed by atoms with Gasteiger partial charge in [-0.2, -0.15) is 0 Å². The number of nitrogens with one attached hydrogen (secondary N) is 2. The Hall–Kier alpha value is -1.61. The quantitative estimate of drug-likeness (QED) is 0.310. The van der Waals surface area contributed by atoms with Gasteiger partial charge < -0.3 is 20.0 Å². The first-order valence-corrected chi connectivity index (χ1v) is 9.68. The molecule has 0 saturated carbocycles. The van der Waals surface area contributed by atoms with E-state index in [4.69, 9.17) is 4.42 Å². The number of hydrogen-bond acceptors (Lipinski definition) is 4. The molecule has 6 nitrogen and oxygen atoms in total. The monoisotopic (exact) mass is 499 g/mol. The maximum absolute atomic E-state index is 5.59. The molecule has 7 heteroatoms. The van der Waals surface area contributed by atoms with Crippen molar-refractivity contribution in [1.29, 1.82) is 0 Å². The van der Waals surface area contributed by atoms with Crippen LogP contribution in [0.4, 0.5) is 0 Å². The van der Waals surface area contributed by atoms with Gasteiger partial charge in [0.05, 0.1) is 6.54 Å². The van der Waals surface area contributed by atoms with Crippen LogP contribution in [-0.4, -0.2) is 49.1 Å². The Morgan fingerprint density at radius 1 is 1.18 bits per heavy atom. The van der Waals surface area contributed by atoms with Gasteiger partial charge in [-0.15, -0.1) is 24.0 Å². The van der Waals surface area contributed by atoms with Gasteiger partial charge in [0.15, 0.2) is 5.96 Å². The Kier molecular flexibility index (Phi) is 11.1. The van der Waals surface area contributed by atoms with Crippen molar-refractivity contribution in [3.63, 3.8) is 0 Å². The highest BCUT2D eigenvalue weighted by atomic mass is 127. The summed E-state index contributed by atoms with van der Waals surface area (Å²) in [6.45, 7) is 8.72. The van der Waals surface area contributed by atoms with E-state index in [2.05, 4.69) is 60.4 Å². The van der Waals surface area contributed by atoms with E-state index in [1.807, 2.05) is 30.3 Å². The van der Waals surface area contributed by atoms with Gasteiger partial charge in [-0.05, 0) is 45.5 Å². The molecular formula is C21H34IN5O. The third-order valence-corrected chi connectivity index (χ3v) is 4.29. The molecule has 2 rings (SSSR count). The second-order valence-electron chi connectivity index (χ2n) is 7.33. The summed E-state index contributed by atoms with van der Waals surface area (Å²) in [4.78, 5) is 11.5. The van der Waals surface area contributed by atoms with Crippen LogP contribution in [-0.2, 0) is 6.54 Å². The van der Waals surface area contributed by atoms with Gasteiger partial charge in [-0.1, -0.05) is 32.0 Å². The van der Waals surface area contributed by atoms with E-state index in [-0.39, 0.29) is 24.0 Å². The summed E-state index contributed by atoms with van der Waals surface area (Å²) < 4.78 is 5.59. The third-order valence-electron chi connectivity index (χ3n) is 4.29. The number of halogens is 1. The van der Waals surface area contributed by atoms with Gasteiger partial charge in [0.2, 0.25) is 5.89 Å². The lowest BCUT2D eigenvalue weighted by Gasteiger charge is -2.27. The molecule has 0 spiro atoms. The van der Waals surface area contributed by atoms with Gasteiger partial charge in [0.1, 0.15) is 12.0 Å². The third kappa shape index (κ3) is 8.18. The first-order valence-electron chi connectivity index (χ1n) is 9.68. The normalized spacial score (nSPS) is 12.8. The van der Waals surface area contributed by atoms with Crippen LogP contribution in [0.15, 0.2) is 46.0 Å². The summed E-state index contributed by atoms with van der Waals surface area (Å²) in [5, 5.41) is 6.76. The number of guanidine groups is 1. The SMILES string of the molecule is CCNC(=NCc1coc(-c2ccccc2)n1)NCC(CC(C)C)N(C)C.I. The number of rotatable bonds is 9. The molecular weight excluding hydrogens is 465 g/mol. The molecule has 2 aromatic rings. The summed E-state index contributed by atoms with van der Waals surface area (Å²) in [6.07, 6.45) is 2.82. The standard InChI is InChI=1S/C21H33N5O.HI/c1-6-22-21(24-14-19(26(4)5)12-16(2)3)23-13-18-15-27-20(25-18)17-10-8-7-9-11-17;/h7-11,15-16,19H,6,12-14H2,1-5H3,(H2,22,23,24);1H. The second kappa shape index (κ2) is 12.8. The van der Waals surface area contributed by atoms with Crippen LogP contribution in [0.5, 0.6) is 0 Å². The van der Waals surface area contributed by atoms with Crippen LogP contribution >= 0.6 is 24.0 Å². The van der Waals surface area contributed by atoms with Crippen molar-refractivity contribution < 1.29 is 4.42 Å². The average Bonchev–Trinajstić information content (AvgIpc) is 3.12. The highest BCUT2D eigenvalue weighted by Gasteiger charge is 2.14. The molecule has 0 bridgehead atoms. The number of aromatic nitrogens is 1. The van der Waals surface area contributed by atoms with E-state index in [0.717, 1.165) is 36.7 Å². The summed E-state index contributed by atoms with van der Waals surface area (Å²) in [6, 6.07) is 10.4. The van der Waals surface area contributed by atoms with Crippen LogP contribution in [0.1, 0.15) is 32.9 Å². The molecule has 1 unspecified atom stereocenters. The van der Waals surface area contributed by atoms with Crippen molar-refractivity contribution in [3.8, 4) is 11.5 Å². The second-order valence-corrected chi connectivity index (χ2v) is 7.33. The first-order chi connectivity index (χ1) is 13.0. The zero-order valence-corrected chi connectivity index (χ0v) is 19.9. The smallest absolute Gasteiger partial charge is 0.226 e. The number of hydrogen-bond donors (Lipinski definition) is 2. The zero-order valence-electron chi connectivity index (χ0n) is 17.6. The van der Waals surface area contributed by atoms with E-state index in [0.29, 0.717) is 24.4 Å². The van der Waals surface area contributed by atoms with Crippen molar-refractivity contribution in [3.05, 3.63) is 42.3 Å². The van der Waals surface area contributed by atoms with Crippen molar-refractivity contribution in [2.24, 2.45) is 10.9 Å². The molecule has 1 heterocycles. The van der Waals surface area contributed by atoms with E-state index in [1.54, 1.807) is 6.26 Å². The van der Waals surface area contributed by atoms with Crippen molar-refractivity contribution in [2.45, 2.75) is 39.8 Å². The predicted molar refractivity (Wildman–Crippen MR) is 127 cm³/mol. The van der Waals surface area contributed by atoms with Gasteiger partial charge in [-0.3, -0.25) is 0 Å². The van der Waals surface area contributed by atoms with Crippen LogP contribution in [0.25, 0.3) is 11.5 Å². The largest absolute Gasteiger partial charge is 0.444 e. The molecule has 2 N–H and O–H groups in total. The van der Waals surface area contributed by atoms with Crippen molar-refractivity contribution >= 4 is 29.9 Å². The fourth-order valence-electron chi connectivity index (χ4n) is 2.83. The average molecular weight is 499 g/mol. The van der Waals surface area contributed by atoms with Gasteiger partial charge in [-0.25, -0.2) is 9.98 Å². The fourth-order valence-corrected chi connectivity index (χ4v) is 2.83. The lowest BCUT2D eigenvalue weighted by atomic mass is 10.0. The molecule has 0 amide bonds. The lowest BCUT2D eigenvalue weighted by molar-refractivity contribution is 0.254. The highest BCUT2D eigenvalue weighted by molar-refractivity contribution is 14.0. The summed E-state index contributed by atoms with van der Waals surface area (Å²) >= 11 is 0. The Bertz CT molecular complexity index is 700. The predicted octanol–water partition coefficient (Wildman–Crippen LogP) is 3.99. The molecule has 0 aliphatic rings. The Morgan fingerprint density at radius 2 is 1.89 bits per heavy atom. The van der Waals surface area contributed by atoms with Gasteiger partial charge in [0, 0.05) is 24.7 Å². The summed E-state index contributed by atoms with van der Waals surface area (Å²) in [5.41, 5.74) is 1.79. The molecule has 0 saturated heterocycles. The molecule has 1 aromatic heterocycles. The Balaban J connectivity index is 0.00000392. The Labute approximate surface area is 186 Å². The number of aliphatic imine (C=N–C) groups is 1. The summed E-state index contributed by atoms with van der Waals surface area (Å²) in [7, 11) is 4.25. The number of oxazole rings is 1. The molecule has 156 valence electrons. The van der Waals surface area contributed by atoms with Crippen LogP contribution in [0.2, 0.25) is 0 Å². The highest BCUT2D eigenvalue weighted by Crippen LogP contribution is 2.18. The number of nitrogens with zero attached hydrogens (tertiary/aromatic N) is 3. The zero-order chi connectivity index (χ0) is 19.6. The minimum Gasteiger partial charge on any atom is -0.444 e. The number of likely N-dealkylation sites (N-methyl/N-ethyl adjacent to an activating group) is 1. The molecule has 0 radical (unpaired) electrons. The molecule has 1 atom stereocenters. The van der Waals surface area contributed by atoms with Crippen LogP contribution in [0.3, 0.4) is 0 Å². The fraction of sp³-hybridized carbons (Fsp3) is 0.524. The minimum absolute atomic E-state index is 0. The van der Waals surface area contributed by atoms with Crippen molar-refractivity contribution in [2.75, 3.05) is 27.2 Å². The summed E-state index contributed by atoms with van der Waals surface area (Å²) in [5.74, 6) is 2.09. The van der Waals surface area contributed by atoms with E-state index in [9.17, 15) is 0 Å².